The molecule has 3 heterocycles. The highest BCUT2D eigenvalue weighted by Gasteiger charge is 2.41. The molecule has 1 aromatic heterocycles. The monoisotopic (exact) mass is 318 g/mol. The molecule has 1 aromatic carbocycles. The van der Waals surface area contributed by atoms with Crippen LogP contribution in [0.2, 0.25) is 5.02 Å². The standard InChI is InChI=1S/C17H19ClN2O2/c1-17(6-2-8-22-17)16(21)20-7-5-12-13-9-11(18)3-4-14(13)19-15(12)10-20/h3-4,9,19H,2,5-8,10H2,1H3. The topological polar surface area (TPSA) is 45.3 Å². The molecule has 0 spiro atoms. The zero-order valence-electron chi connectivity index (χ0n) is 12.6. The van der Waals surface area contributed by atoms with E-state index in [0.717, 1.165) is 42.0 Å². The van der Waals surface area contributed by atoms with E-state index in [1.807, 2.05) is 30.0 Å². The van der Waals surface area contributed by atoms with Gasteiger partial charge in [-0.25, -0.2) is 0 Å². The van der Waals surface area contributed by atoms with E-state index in [1.165, 1.54) is 10.9 Å². The maximum Gasteiger partial charge on any atom is 0.254 e. The normalized spacial score (nSPS) is 24.7. The third-order valence-electron chi connectivity index (χ3n) is 4.90. The van der Waals surface area contributed by atoms with E-state index in [9.17, 15) is 4.79 Å². The zero-order chi connectivity index (χ0) is 15.3. The first kappa shape index (κ1) is 14.1. The Morgan fingerprint density at radius 3 is 3.09 bits per heavy atom. The fraction of sp³-hybridized carbons (Fsp3) is 0.471. The van der Waals surface area contributed by atoms with Gasteiger partial charge in [0.1, 0.15) is 5.60 Å². The fourth-order valence-electron chi connectivity index (χ4n) is 3.67. The van der Waals surface area contributed by atoms with E-state index in [2.05, 4.69) is 4.98 Å². The molecule has 0 bridgehead atoms. The number of nitrogens with zero attached hydrogens (tertiary/aromatic N) is 1. The van der Waals surface area contributed by atoms with Crippen molar-refractivity contribution in [2.45, 2.75) is 38.3 Å². The van der Waals surface area contributed by atoms with E-state index in [0.29, 0.717) is 13.2 Å². The molecule has 1 N–H and O–H groups in total. The molecule has 1 saturated heterocycles. The number of halogens is 1. The average Bonchev–Trinajstić information content (AvgIpc) is 3.10. The number of hydrogen-bond acceptors (Lipinski definition) is 2. The Bertz CT molecular complexity index is 746. The molecule has 2 aromatic rings. The summed E-state index contributed by atoms with van der Waals surface area (Å²) < 4.78 is 5.70. The van der Waals surface area contributed by atoms with Gasteiger partial charge in [0.05, 0.1) is 6.54 Å². The summed E-state index contributed by atoms with van der Waals surface area (Å²) in [6.07, 6.45) is 2.64. The molecular formula is C17H19ClN2O2. The summed E-state index contributed by atoms with van der Waals surface area (Å²) in [6.45, 7) is 3.97. The summed E-state index contributed by atoms with van der Waals surface area (Å²) in [5, 5.41) is 1.93. The maximum absolute atomic E-state index is 12.8. The minimum atomic E-state index is -0.632. The van der Waals surface area contributed by atoms with Crippen molar-refractivity contribution in [3.8, 4) is 0 Å². The second-order valence-electron chi connectivity index (χ2n) is 6.43. The van der Waals surface area contributed by atoms with Crippen LogP contribution >= 0.6 is 11.6 Å². The van der Waals surface area contributed by atoms with Gasteiger partial charge in [0.15, 0.2) is 0 Å². The summed E-state index contributed by atoms with van der Waals surface area (Å²) in [5.74, 6) is 0.118. The Morgan fingerprint density at radius 1 is 1.45 bits per heavy atom. The molecule has 22 heavy (non-hydrogen) atoms. The number of nitrogens with one attached hydrogen (secondary N) is 1. The second-order valence-corrected chi connectivity index (χ2v) is 6.87. The number of H-pyrrole nitrogens is 1. The number of carbonyl (C=O) groups is 1. The third-order valence-corrected chi connectivity index (χ3v) is 5.13. The molecule has 1 fully saturated rings. The van der Waals surface area contributed by atoms with Crippen LogP contribution in [0.15, 0.2) is 18.2 Å². The summed E-state index contributed by atoms with van der Waals surface area (Å²) in [4.78, 5) is 18.1. The largest absolute Gasteiger partial charge is 0.365 e. The van der Waals surface area contributed by atoms with E-state index >= 15 is 0 Å². The highest BCUT2D eigenvalue weighted by atomic mass is 35.5. The lowest BCUT2D eigenvalue weighted by molar-refractivity contribution is -0.152. The molecule has 1 amide bonds. The number of aromatic amines is 1. The highest BCUT2D eigenvalue weighted by molar-refractivity contribution is 6.31. The van der Waals surface area contributed by atoms with Crippen molar-refractivity contribution in [3.05, 3.63) is 34.5 Å². The Morgan fingerprint density at radius 2 is 2.32 bits per heavy atom. The molecule has 0 aliphatic carbocycles. The smallest absolute Gasteiger partial charge is 0.254 e. The first-order valence-electron chi connectivity index (χ1n) is 7.79. The molecule has 1 unspecified atom stereocenters. The van der Waals surface area contributed by atoms with Crippen LogP contribution in [-0.2, 0) is 22.5 Å². The predicted molar refractivity (Wildman–Crippen MR) is 86.0 cm³/mol. The van der Waals surface area contributed by atoms with Crippen molar-refractivity contribution >= 4 is 28.4 Å². The number of amides is 1. The van der Waals surface area contributed by atoms with Crippen LogP contribution in [0.25, 0.3) is 10.9 Å². The van der Waals surface area contributed by atoms with Gasteiger partial charge in [0.25, 0.3) is 5.91 Å². The Kier molecular flexibility index (Phi) is 3.20. The number of ether oxygens (including phenoxy) is 1. The molecule has 0 saturated carbocycles. The number of aromatic nitrogens is 1. The van der Waals surface area contributed by atoms with Gasteiger partial charge >= 0.3 is 0 Å². The number of hydrogen-bond donors (Lipinski definition) is 1. The maximum atomic E-state index is 12.8. The van der Waals surface area contributed by atoms with Crippen molar-refractivity contribution < 1.29 is 9.53 Å². The Labute approximate surface area is 134 Å². The van der Waals surface area contributed by atoms with Gasteiger partial charge in [0, 0.05) is 34.8 Å². The minimum absolute atomic E-state index is 0.118. The third kappa shape index (κ3) is 2.13. The fourth-order valence-corrected chi connectivity index (χ4v) is 3.84. The van der Waals surface area contributed by atoms with Crippen LogP contribution in [0.3, 0.4) is 0 Å². The van der Waals surface area contributed by atoms with Gasteiger partial charge in [0.2, 0.25) is 0 Å². The van der Waals surface area contributed by atoms with Crippen molar-refractivity contribution in [2.75, 3.05) is 13.2 Å². The summed E-state index contributed by atoms with van der Waals surface area (Å²) in [5.41, 5.74) is 2.87. The van der Waals surface area contributed by atoms with E-state index in [4.69, 9.17) is 16.3 Å². The van der Waals surface area contributed by atoms with Crippen LogP contribution in [0.1, 0.15) is 31.0 Å². The van der Waals surface area contributed by atoms with Crippen molar-refractivity contribution in [1.29, 1.82) is 0 Å². The lowest BCUT2D eigenvalue weighted by Crippen LogP contribution is -2.48. The lowest BCUT2D eigenvalue weighted by Gasteiger charge is -2.33. The van der Waals surface area contributed by atoms with E-state index in [-0.39, 0.29) is 5.91 Å². The van der Waals surface area contributed by atoms with Crippen LogP contribution < -0.4 is 0 Å². The quantitative estimate of drug-likeness (QED) is 0.877. The molecule has 2 aliphatic rings. The number of carbonyl (C=O) groups excluding carboxylic acids is 1. The SMILES string of the molecule is CC1(C(=O)N2CCc3c([nH]c4ccc(Cl)cc34)C2)CCCO1. The van der Waals surface area contributed by atoms with Crippen LogP contribution in [0, 0.1) is 0 Å². The van der Waals surface area contributed by atoms with Crippen molar-refractivity contribution in [3.63, 3.8) is 0 Å². The van der Waals surface area contributed by atoms with Gasteiger partial charge in [-0.15, -0.1) is 0 Å². The molecule has 2 aliphatic heterocycles. The van der Waals surface area contributed by atoms with Gasteiger partial charge in [-0.05, 0) is 49.9 Å². The summed E-state index contributed by atoms with van der Waals surface area (Å²) in [6, 6.07) is 5.90. The first-order valence-corrected chi connectivity index (χ1v) is 8.17. The number of benzene rings is 1. The Hall–Kier alpha value is -1.52. The zero-order valence-corrected chi connectivity index (χ0v) is 13.4. The van der Waals surface area contributed by atoms with Gasteiger partial charge in [-0.2, -0.15) is 0 Å². The van der Waals surface area contributed by atoms with E-state index in [1.54, 1.807) is 0 Å². The summed E-state index contributed by atoms with van der Waals surface area (Å²) >= 11 is 6.11. The first-order chi connectivity index (χ1) is 10.6. The number of fused-ring (bicyclic) bond motifs is 3. The minimum Gasteiger partial charge on any atom is -0.365 e. The summed E-state index contributed by atoms with van der Waals surface area (Å²) in [7, 11) is 0. The average molecular weight is 319 g/mol. The predicted octanol–water partition coefficient (Wildman–Crippen LogP) is 3.28. The molecule has 0 radical (unpaired) electrons. The number of rotatable bonds is 1. The van der Waals surface area contributed by atoms with Gasteiger partial charge < -0.3 is 14.6 Å². The van der Waals surface area contributed by atoms with Gasteiger partial charge in [-0.1, -0.05) is 11.6 Å². The van der Waals surface area contributed by atoms with Crippen LogP contribution in [0.5, 0.6) is 0 Å². The van der Waals surface area contributed by atoms with Crippen LogP contribution in [0.4, 0.5) is 0 Å². The van der Waals surface area contributed by atoms with Gasteiger partial charge in [-0.3, -0.25) is 4.79 Å². The highest BCUT2D eigenvalue weighted by Crippen LogP contribution is 2.33. The second kappa shape index (κ2) is 5.00. The molecule has 4 rings (SSSR count). The van der Waals surface area contributed by atoms with Crippen molar-refractivity contribution in [2.24, 2.45) is 0 Å². The molecule has 1 atom stereocenters. The van der Waals surface area contributed by atoms with Crippen molar-refractivity contribution in [1.82, 2.24) is 9.88 Å². The Balaban J connectivity index is 1.64. The van der Waals surface area contributed by atoms with E-state index < -0.39 is 5.60 Å². The lowest BCUT2D eigenvalue weighted by atomic mass is 9.98. The van der Waals surface area contributed by atoms with Crippen LogP contribution in [-0.4, -0.2) is 34.5 Å². The molecule has 5 heteroatoms. The molecular weight excluding hydrogens is 300 g/mol. The molecule has 116 valence electrons. The molecule has 4 nitrogen and oxygen atoms in total.